The average Bonchev–Trinajstić information content (AvgIpc) is 2.66. The summed E-state index contributed by atoms with van der Waals surface area (Å²) in [7, 11) is 0. The van der Waals surface area contributed by atoms with Gasteiger partial charge in [-0.25, -0.2) is 0 Å². The third-order valence-electron chi connectivity index (χ3n) is 4.51. The minimum atomic E-state index is 0.411. The van der Waals surface area contributed by atoms with Crippen LogP contribution in [0.2, 0.25) is 0 Å². The highest BCUT2D eigenvalue weighted by atomic mass is 16.1. The van der Waals surface area contributed by atoms with Crippen molar-refractivity contribution < 1.29 is 4.79 Å². The zero-order valence-electron chi connectivity index (χ0n) is 11.0. The maximum absolute atomic E-state index is 12.2. The molecule has 0 aromatic carbocycles. The van der Waals surface area contributed by atoms with Gasteiger partial charge in [0, 0.05) is 12.3 Å². The van der Waals surface area contributed by atoms with Gasteiger partial charge >= 0.3 is 0 Å². The maximum atomic E-state index is 12.2. The summed E-state index contributed by atoms with van der Waals surface area (Å²) in [4.78, 5) is 12.2. The van der Waals surface area contributed by atoms with Crippen molar-refractivity contribution in [2.24, 2.45) is 11.8 Å². The molecule has 2 nitrogen and oxygen atoms in total. The van der Waals surface area contributed by atoms with Crippen molar-refractivity contribution in [1.29, 1.82) is 0 Å². The van der Waals surface area contributed by atoms with Gasteiger partial charge in [-0.15, -0.1) is 0 Å². The average molecular weight is 237 g/mol. The van der Waals surface area contributed by atoms with Gasteiger partial charge in [-0.2, -0.15) is 0 Å². The SMILES string of the molecule is O=C(CCC1CCCNC1)C1CCCCCC1. The zero-order valence-corrected chi connectivity index (χ0v) is 11.0. The monoisotopic (exact) mass is 237 g/mol. The minimum Gasteiger partial charge on any atom is -0.316 e. The molecule has 0 spiro atoms. The summed E-state index contributed by atoms with van der Waals surface area (Å²) in [6.07, 6.45) is 12.2. The van der Waals surface area contributed by atoms with Gasteiger partial charge in [0.05, 0.1) is 0 Å². The molecule has 1 aliphatic carbocycles. The largest absolute Gasteiger partial charge is 0.316 e. The number of carbonyl (C=O) groups excluding carboxylic acids is 1. The van der Waals surface area contributed by atoms with E-state index in [1.165, 1.54) is 57.9 Å². The first kappa shape index (κ1) is 13.1. The van der Waals surface area contributed by atoms with E-state index in [2.05, 4.69) is 5.32 Å². The number of hydrogen-bond acceptors (Lipinski definition) is 2. The van der Waals surface area contributed by atoms with Gasteiger partial charge < -0.3 is 5.32 Å². The Kier molecular flexibility index (Phi) is 5.50. The number of Topliss-reactive ketones (excluding diaryl/α,β-unsaturated/α-hetero) is 1. The maximum Gasteiger partial charge on any atom is 0.135 e. The van der Waals surface area contributed by atoms with E-state index in [1.54, 1.807) is 0 Å². The first-order valence-electron chi connectivity index (χ1n) is 7.59. The van der Waals surface area contributed by atoms with Gasteiger partial charge in [-0.3, -0.25) is 4.79 Å². The van der Waals surface area contributed by atoms with E-state index in [1.807, 2.05) is 0 Å². The molecule has 0 radical (unpaired) electrons. The fraction of sp³-hybridized carbons (Fsp3) is 0.933. The molecular weight excluding hydrogens is 210 g/mol. The molecule has 98 valence electrons. The predicted molar refractivity (Wildman–Crippen MR) is 71.0 cm³/mol. The normalized spacial score (nSPS) is 27.6. The summed E-state index contributed by atoms with van der Waals surface area (Å²) in [5.41, 5.74) is 0. The summed E-state index contributed by atoms with van der Waals surface area (Å²) in [6.45, 7) is 2.31. The highest BCUT2D eigenvalue weighted by molar-refractivity contribution is 5.80. The van der Waals surface area contributed by atoms with Crippen LogP contribution in [0.4, 0.5) is 0 Å². The van der Waals surface area contributed by atoms with E-state index < -0.39 is 0 Å². The summed E-state index contributed by atoms with van der Waals surface area (Å²) < 4.78 is 0. The molecule has 1 unspecified atom stereocenters. The molecule has 17 heavy (non-hydrogen) atoms. The van der Waals surface area contributed by atoms with Gasteiger partial charge in [0.15, 0.2) is 0 Å². The highest BCUT2D eigenvalue weighted by Crippen LogP contribution is 2.26. The Morgan fingerprint density at radius 2 is 1.76 bits per heavy atom. The molecule has 2 fully saturated rings. The lowest BCUT2D eigenvalue weighted by Gasteiger charge is -2.23. The lowest BCUT2D eigenvalue weighted by atomic mass is 9.88. The van der Waals surface area contributed by atoms with Crippen LogP contribution in [0.3, 0.4) is 0 Å². The molecule has 1 saturated heterocycles. The first-order chi connectivity index (χ1) is 8.36. The number of nitrogens with one attached hydrogen (secondary N) is 1. The number of rotatable bonds is 4. The third-order valence-corrected chi connectivity index (χ3v) is 4.51. The van der Waals surface area contributed by atoms with Crippen LogP contribution in [0, 0.1) is 11.8 Å². The van der Waals surface area contributed by atoms with Crippen molar-refractivity contribution in [3.8, 4) is 0 Å². The van der Waals surface area contributed by atoms with Crippen LogP contribution in [0.15, 0.2) is 0 Å². The predicted octanol–water partition coefficient (Wildman–Crippen LogP) is 3.31. The van der Waals surface area contributed by atoms with Crippen LogP contribution in [0.1, 0.15) is 64.2 Å². The molecule has 1 saturated carbocycles. The Hall–Kier alpha value is -0.370. The van der Waals surface area contributed by atoms with Gasteiger partial charge in [0.25, 0.3) is 0 Å². The molecule has 0 bridgehead atoms. The summed E-state index contributed by atoms with van der Waals surface area (Å²) in [5.74, 6) is 1.74. The number of carbonyl (C=O) groups is 1. The number of piperidine rings is 1. The molecule has 2 aliphatic rings. The van der Waals surface area contributed by atoms with E-state index in [9.17, 15) is 4.79 Å². The van der Waals surface area contributed by atoms with Gasteiger partial charge in [-0.1, -0.05) is 25.7 Å². The van der Waals surface area contributed by atoms with Gasteiger partial charge in [0.1, 0.15) is 5.78 Å². The quantitative estimate of drug-likeness (QED) is 0.760. The number of ketones is 1. The number of hydrogen-bond donors (Lipinski definition) is 1. The van der Waals surface area contributed by atoms with E-state index in [0.29, 0.717) is 11.7 Å². The Bertz CT molecular complexity index is 225. The van der Waals surface area contributed by atoms with E-state index in [-0.39, 0.29) is 0 Å². The van der Waals surface area contributed by atoms with Crippen LogP contribution >= 0.6 is 0 Å². The van der Waals surface area contributed by atoms with E-state index >= 15 is 0 Å². The summed E-state index contributed by atoms with van der Waals surface area (Å²) in [6, 6.07) is 0. The fourth-order valence-corrected chi connectivity index (χ4v) is 3.32. The molecule has 0 aromatic heterocycles. The lowest BCUT2D eigenvalue weighted by Crippen LogP contribution is -2.30. The molecule has 0 amide bonds. The Balaban J connectivity index is 1.68. The highest BCUT2D eigenvalue weighted by Gasteiger charge is 2.21. The van der Waals surface area contributed by atoms with Crippen molar-refractivity contribution in [2.45, 2.75) is 64.2 Å². The van der Waals surface area contributed by atoms with Gasteiger partial charge in [0.2, 0.25) is 0 Å². The standard InChI is InChI=1S/C15H27NO/c17-15(14-7-3-1-2-4-8-14)10-9-13-6-5-11-16-12-13/h13-14,16H,1-12H2. The molecule has 1 N–H and O–H groups in total. The lowest BCUT2D eigenvalue weighted by molar-refractivity contribution is -0.123. The second kappa shape index (κ2) is 7.15. The van der Waals surface area contributed by atoms with E-state index in [0.717, 1.165) is 25.3 Å². The van der Waals surface area contributed by atoms with Gasteiger partial charge in [-0.05, 0) is 51.1 Å². The van der Waals surface area contributed by atoms with Crippen molar-refractivity contribution in [1.82, 2.24) is 5.32 Å². The van der Waals surface area contributed by atoms with Crippen LogP contribution in [0.5, 0.6) is 0 Å². The van der Waals surface area contributed by atoms with Crippen LogP contribution in [-0.4, -0.2) is 18.9 Å². The summed E-state index contributed by atoms with van der Waals surface area (Å²) >= 11 is 0. The fourth-order valence-electron chi connectivity index (χ4n) is 3.32. The van der Waals surface area contributed by atoms with Crippen LogP contribution in [-0.2, 0) is 4.79 Å². The van der Waals surface area contributed by atoms with Crippen molar-refractivity contribution in [3.63, 3.8) is 0 Å². The second-order valence-corrected chi connectivity index (χ2v) is 5.91. The van der Waals surface area contributed by atoms with Crippen molar-refractivity contribution >= 4 is 5.78 Å². The second-order valence-electron chi connectivity index (χ2n) is 5.91. The first-order valence-corrected chi connectivity index (χ1v) is 7.59. The molecule has 0 aromatic rings. The molecule has 1 heterocycles. The molecule has 1 aliphatic heterocycles. The molecule has 2 heteroatoms. The zero-order chi connectivity index (χ0) is 11.9. The Morgan fingerprint density at radius 1 is 1.00 bits per heavy atom. The Morgan fingerprint density at radius 3 is 2.41 bits per heavy atom. The molecule has 1 atom stereocenters. The third kappa shape index (κ3) is 4.42. The topological polar surface area (TPSA) is 29.1 Å². The van der Waals surface area contributed by atoms with E-state index in [4.69, 9.17) is 0 Å². The van der Waals surface area contributed by atoms with Crippen molar-refractivity contribution in [2.75, 3.05) is 13.1 Å². The van der Waals surface area contributed by atoms with Crippen LogP contribution in [0.25, 0.3) is 0 Å². The van der Waals surface area contributed by atoms with Crippen LogP contribution < -0.4 is 5.32 Å². The molecular formula is C15H27NO. The van der Waals surface area contributed by atoms with Crippen molar-refractivity contribution in [3.05, 3.63) is 0 Å². The minimum absolute atomic E-state index is 0.411. The molecule has 2 rings (SSSR count). The smallest absolute Gasteiger partial charge is 0.135 e. The Labute approximate surface area is 106 Å². The summed E-state index contributed by atoms with van der Waals surface area (Å²) in [5, 5.41) is 3.44.